The Kier molecular flexibility index (Phi) is 7.10. The Bertz CT molecular complexity index is 908. The predicted octanol–water partition coefficient (Wildman–Crippen LogP) is 4.09. The van der Waals surface area contributed by atoms with Gasteiger partial charge >= 0.3 is 0 Å². The molecule has 158 valence electrons. The number of carbonyl (C=O) groups excluding carboxylic acids is 3. The molecule has 3 rings (SSSR count). The number of piperidine rings is 1. The van der Waals surface area contributed by atoms with Crippen molar-refractivity contribution in [3.63, 3.8) is 0 Å². The zero-order valence-electron chi connectivity index (χ0n) is 16.9. The van der Waals surface area contributed by atoms with E-state index in [0.717, 1.165) is 16.7 Å². The molecule has 1 saturated heterocycles. The number of nitrogens with zero attached hydrogens (tertiary/aromatic N) is 2. The average Bonchev–Trinajstić information content (AvgIpc) is 2.75. The standard InChI is InChI=1S/C22H24FN3O3S/c1-25(2)22(29)30-19-9-7-18(8-10-19)24-20(27)15-11-13-26(14-12-15)21(28)16-3-5-17(23)6-4-16/h3-10,15H,11-14H2,1-2H3,(H,24,27). The number of carbonyl (C=O) groups is 3. The SMILES string of the molecule is CN(C)C(=O)Sc1ccc(NC(=O)C2CCN(C(=O)c3ccc(F)cc3)CC2)cc1. The van der Waals surface area contributed by atoms with Crippen LogP contribution in [0.1, 0.15) is 23.2 Å². The van der Waals surface area contributed by atoms with Gasteiger partial charge in [-0.2, -0.15) is 0 Å². The van der Waals surface area contributed by atoms with E-state index in [1.54, 1.807) is 43.3 Å². The molecule has 6 nitrogen and oxygen atoms in total. The smallest absolute Gasteiger partial charge is 0.285 e. The number of anilines is 1. The number of nitrogens with one attached hydrogen (secondary N) is 1. The molecule has 0 aromatic heterocycles. The van der Waals surface area contributed by atoms with Gasteiger partial charge in [0.2, 0.25) is 5.91 Å². The van der Waals surface area contributed by atoms with Crippen LogP contribution in [0.4, 0.5) is 14.9 Å². The Morgan fingerprint density at radius 2 is 1.60 bits per heavy atom. The van der Waals surface area contributed by atoms with E-state index in [2.05, 4.69) is 5.32 Å². The van der Waals surface area contributed by atoms with Crippen molar-refractivity contribution in [1.29, 1.82) is 0 Å². The highest BCUT2D eigenvalue weighted by atomic mass is 32.2. The highest BCUT2D eigenvalue weighted by molar-refractivity contribution is 8.13. The lowest BCUT2D eigenvalue weighted by molar-refractivity contribution is -0.121. The molecule has 0 atom stereocenters. The Morgan fingerprint density at radius 3 is 2.17 bits per heavy atom. The van der Waals surface area contributed by atoms with Gasteiger partial charge in [0.25, 0.3) is 11.1 Å². The van der Waals surface area contributed by atoms with Crippen LogP contribution in [0.25, 0.3) is 0 Å². The van der Waals surface area contributed by atoms with Gasteiger partial charge in [-0.1, -0.05) is 0 Å². The molecular weight excluding hydrogens is 405 g/mol. The fraction of sp³-hybridized carbons (Fsp3) is 0.318. The molecule has 1 fully saturated rings. The first-order chi connectivity index (χ1) is 14.3. The maximum Gasteiger partial charge on any atom is 0.285 e. The molecule has 3 amide bonds. The van der Waals surface area contributed by atoms with Gasteiger partial charge in [0.05, 0.1) is 0 Å². The van der Waals surface area contributed by atoms with Gasteiger partial charge in [-0.15, -0.1) is 0 Å². The molecule has 30 heavy (non-hydrogen) atoms. The summed E-state index contributed by atoms with van der Waals surface area (Å²) in [6.45, 7) is 0.965. The van der Waals surface area contributed by atoms with Crippen LogP contribution in [0, 0.1) is 11.7 Å². The third kappa shape index (κ3) is 5.60. The minimum Gasteiger partial charge on any atom is -0.339 e. The molecule has 0 saturated carbocycles. The first kappa shape index (κ1) is 21.8. The Labute approximate surface area is 179 Å². The van der Waals surface area contributed by atoms with E-state index >= 15 is 0 Å². The molecule has 1 heterocycles. The van der Waals surface area contributed by atoms with E-state index in [0.29, 0.717) is 37.2 Å². The van der Waals surface area contributed by atoms with E-state index < -0.39 is 0 Å². The van der Waals surface area contributed by atoms with Crippen molar-refractivity contribution in [2.45, 2.75) is 17.7 Å². The lowest BCUT2D eigenvalue weighted by Gasteiger charge is -2.31. The second-order valence-electron chi connectivity index (χ2n) is 7.35. The summed E-state index contributed by atoms with van der Waals surface area (Å²) in [6, 6.07) is 12.6. The minimum atomic E-state index is -0.377. The highest BCUT2D eigenvalue weighted by Crippen LogP contribution is 2.24. The Morgan fingerprint density at radius 1 is 1.00 bits per heavy atom. The molecular formula is C22H24FN3O3S. The van der Waals surface area contributed by atoms with Crippen LogP contribution >= 0.6 is 11.8 Å². The molecule has 1 aliphatic rings. The second-order valence-corrected chi connectivity index (χ2v) is 8.37. The molecule has 1 N–H and O–H groups in total. The summed E-state index contributed by atoms with van der Waals surface area (Å²) in [7, 11) is 3.39. The minimum absolute atomic E-state index is 0.0614. The average molecular weight is 430 g/mol. The molecule has 0 radical (unpaired) electrons. The van der Waals surface area contributed by atoms with Gasteiger partial charge < -0.3 is 15.1 Å². The molecule has 0 spiro atoms. The summed E-state index contributed by atoms with van der Waals surface area (Å²) < 4.78 is 13.0. The number of halogens is 1. The Hall–Kier alpha value is -2.87. The van der Waals surface area contributed by atoms with Crippen LogP contribution in [0.3, 0.4) is 0 Å². The fourth-order valence-corrected chi connectivity index (χ4v) is 3.82. The maximum absolute atomic E-state index is 13.0. The van der Waals surface area contributed by atoms with Crippen molar-refractivity contribution < 1.29 is 18.8 Å². The number of benzene rings is 2. The quantitative estimate of drug-likeness (QED) is 0.744. The lowest BCUT2D eigenvalue weighted by Crippen LogP contribution is -2.41. The van der Waals surface area contributed by atoms with Gasteiger partial charge in [0, 0.05) is 49.2 Å². The van der Waals surface area contributed by atoms with Crippen molar-refractivity contribution in [2.24, 2.45) is 5.92 Å². The Balaban J connectivity index is 1.50. The molecule has 2 aromatic rings. The number of rotatable bonds is 4. The maximum atomic E-state index is 13.0. The van der Waals surface area contributed by atoms with E-state index in [1.807, 2.05) is 0 Å². The number of amides is 3. The summed E-state index contributed by atoms with van der Waals surface area (Å²) in [5, 5.41) is 2.85. The van der Waals surface area contributed by atoms with E-state index in [1.165, 1.54) is 29.2 Å². The van der Waals surface area contributed by atoms with Crippen LogP contribution in [-0.2, 0) is 4.79 Å². The van der Waals surface area contributed by atoms with Gasteiger partial charge in [-0.3, -0.25) is 14.4 Å². The van der Waals surface area contributed by atoms with Crippen molar-refractivity contribution in [2.75, 3.05) is 32.5 Å². The van der Waals surface area contributed by atoms with Gasteiger partial charge in [0.15, 0.2) is 0 Å². The lowest BCUT2D eigenvalue weighted by atomic mass is 9.95. The molecule has 2 aromatic carbocycles. The van der Waals surface area contributed by atoms with E-state index in [4.69, 9.17) is 0 Å². The van der Waals surface area contributed by atoms with Crippen LogP contribution in [0.15, 0.2) is 53.4 Å². The monoisotopic (exact) mass is 429 g/mol. The number of likely N-dealkylation sites (tertiary alicyclic amines) is 1. The summed E-state index contributed by atoms with van der Waals surface area (Å²) in [4.78, 5) is 40.8. The van der Waals surface area contributed by atoms with Crippen molar-refractivity contribution in [1.82, 2.24) is 9.80 Å². The third-order valence-electron chi connectivity index (χ3n) is 4.94. The van der Waals surface area contributed by atoms with E-state index in [-0.39, 0.29) is 28.8 Å². The molecule has 8 heteroatoms. The van der Waals surface area contributed by atoms with Gasteiger partial charge in [-0.25, -0.2) is 4.39 Å². The zero-order valence-corrected chi connectivity index (χ0v) is 17.7. The largest absolute Gasteiger partial charge is 0.339 e. The summed E-state index contributed by atoms with van der Waals surface area (Å²) in [5.41, 5.74) is 1.12. The van der Waals surface area contributed by atoms with Crippen molar-refractivity contribution in [3.8, 4) is 0 Å². The zero-order chi connectivity index (χ0) is 21.7. The van der Waals surface area contributed by atoms with Crippen LogP contribution in [0.5, 0.6) is 0 Å². The first-order valence-electron chi connectivity index (χ1n) is 9.68. The van der Waals surface area contributed by atoms with Gasteiger partial charge in [-0.05, 0) is 73.1 Å². The highest BCUT2D eigenvalue weighted by Gasteiger charge is 2.28. The molecule has 0 unspecified atom stereocenters. The summed E-state index contributed by atoms with van der Waals surface area (Å²) >= 11 is 1.13. The van der Waals surface area contributed by atoms with Crippen LogP contribution in [0.2, 0.25) is 0 Å². The normalized spacial score (nSPS) is 14.3. The molecule has 1 aliphatic heterocycles. The second kappa shape index (κ2) is 9.75. The molecule has 0 aliphatic carbocycles. The van der Waals surface area contributed by atoms with Crippen LogP contribution in [-0.4, -0.2) is 54.0 Å². The first-order valence-corrected chi connectivity index (χ1v) is 10.5. The predicted molar refractivity (Wildman–Crippen MR) is 115 cm³/mol. The van der Waals surface area contributed by atoms with Crippen molar-refractivity contribution in [3.05, 3.63) is 59.9 Å². The molecule has 0 bridgehead atoms. The summed E-state index contributed by atoms with van der Waals surface area (Å²) in [5.74, 6) is -0.771. The third-order valence-corrected chi connectivity index (χ3v) is 5.98. The number of hydrogen-bond acceptors (Lipinski definition) is 4. The topological polar surface area (TPSA) is 69.7 Å². The van der Waals surface area contributed by atoms with Crippen molar-refractivity contribution >= 4 is 34.5 Å². The van der Waals surface area contributed by atoms with E-state index in [9.17, 15) is 18.8 Å². The van der Waals surface area contributed by atoms with Gasteiger partial charge in [0.1, 0.15) is 5.82 Å². The number of hydrogen-bond donors (Lipinski definition) is 1. The van der Waals surface area contributed by atoms with Crippen LogP contribution < -0.4 is 5.32 Å². The summed E-state index contributed by atoms with van der Waals surface area (Å²) in [6.07, 6.45) is 1.15. The number of thioether (sulfide) groups is 1. The fourth-order valence-electron chi connectivity index (χ4n) is 3.16.